The lowest BCUT2D eigenvalue weighted by atomic mass is 10.2. The van der Waals surface area contributed by atoms with Crippen LogP contribution in [-0.4, -0.2) is 37.8 Å². The average Bonchev–Trinajstić information content (AvgIpc) is 3.07. The van der Waals surface area contributed by atoms with Gasteiger partial charge in [-0.05, 0) is 49.7 Å². The summed E-state index contributed by atoms with van der Waals surface area (Å²) in [5.41, 5.74) is 1.40. The third-order valence-corrected chi connectivity index (χ3v) is 5.56. The van der Waals surface area contributed by atoms with Crippen LogP contribution in [0.4, 0.5) is 0 Å². The number of carbonyl (C=O) groups is 1. The highest BCUT2D eigenvalue weighted by Gasteiger charge is 2.19. The summed E-state index contributed by atoms with van der Waals surface area (Å²) in [5.74, 6) is 0.601. The number of H-pyrrole nitrogens is 1. The Balaban J connectivity index is 1.88. The maximum absolute atomic E-state index is 12.8. The van der Waals surface area contributed by atoms with Crippen LogP contribution in [0.3, 0.4) is 0 Å². The molecule has 148 valence electrons. The number of ether oxygens (including phenoxy) is 2. The van der Waals surface area contributed by atoms with E-state index in [2.05, 4.69) is 10.3 Å². The van der Waals surface area contributed by atoms with Crippen molar-refractivity contribution in [2.45, 2.75) is 23.1 Å². The minimum absolute atomic E-state index is 0.136. The Bertz CT molecular complexity index is 941. The third kappa shape index (κ3) is 5.01. The zero-order valence-corrected chi connectivity index (χ0v) is 17.5. The van der Waals surface area contributed by atoms with Crippen molar-refractivity contribution in [3.63, 3.8) is 0 Å². The molecule has 1 aromatic heterocycles. The molecule has 3 aromatic rings. The van der Waals surface area contributed by atoms with Crippen molar-refractivity contribution in [1.29, 1.82) is 0 Å². The van der Waals surface area contributed by atoms with Gasteiger partial charge >= 0.3 is 0 Å². The summed E-state index contributed by atoms with van der Waals surface area (Å²) >= 11 is 7.53. The van der Waals surface area contributed by atoms with Crippen molar-refractivity contribution in [2.24, 2.45) is 0 Å². The van der Waals surface area contributed by atoms with Crippen molar-refractivity contribution < 1.29 is 14.3 Å². The summed E-state index contributed by atoms with van der Waals surface area (Å²) in [6.45, 7) is 3.83. The molecule has 0 saturated carbocycles. The Morgan fingerprint density at radius 2 is 2.00 bits per heavy atom. The Hall–Kier alpha value is -2.15. The van der Waals surface area contributed by atoms with E-state index in [1.165, 1.54) is 11.8 Å². The summed E-state index contributed by atoms with van der Waals surface area (Å²) in [7, 11) is 1.62. The molecule has 7 heteroatoms. The number of halogens is 1. The molecule has 0 fully saturated rings. The lowest BCUT2D eigenvalue weighted by Crippen LogP contribution is -2.26. The minimum atomic E-state index is -0.136. The summed E-state index contributed by atoms with van der Waals surface area (Å²) in [6.07, 6.45) is 0.771. The molecule has 0 saturated heterocycles. The van der Waals surface area contributed by atoms with Gasteiger partial charge in [-0.15, -0.1) is 0 Å². The van der Waals surface area contributed by atoms with Gasteiger partial charge in [0.05, 0.1) is 17.5 Å². The molecule has 0 unspecified atom stereocenters. The second kappa shape index (κ2) is 9.87. The molecule has 2 aromatic carbocycles. The number of aromatic amines is 1. The number of rotatable bonds is 9. The van der Waals surface area contributed by atoms with E-state index in [1.807, 2.05) is 49.4 Å². The third-order valence-electron chi connectivity index (χ3n) is 4.17. The molecule has 5 nitrogen and oxygen atoms in total. The highest BCUT2D eigenvalue weighted by atomic mass is 35.5. The molecule has 3 rings (SSSR count). The summed E-state index contributed by atoms with van der Waals surface area (Å²) in [6, 6.07) is 13.3. The van der Waals surface area contributed by atoms with Gasteiger partial charge in [-0.25, -0.2) is 0 Å². The molecule has 0 aliphatic carbocycles. The topological polar surface area (TPSA) is 63.3 Å². The number of benzene rings is 2. The second-order valence-corrected chi connectivity index (χ2v) is 7.62. The van der Waals surface area contributed by atoms with Crippen LogP contribution in [0.15, 0.2) is 52.3 Å². The van der Waals surface area contributed by atoms with E-state index in [4.69, 9.17) is 21.1 Å². The van der Waals surface area contributed by atoms with Gasteiger partial charge < -0.3 is 19.8 Å². The minimum Gasteiger partial charge on any atom is -0.497 e. The van der Waals surface area contributed by atoms with E-state index in [9.17, 15) is 4.79 Å². The molecule has 0 aliphatic heterocycles. The Kier molecular flexibility index (Phi) is 7.25. The van der Waals surface area contributed by atoms with Gasteiger partial charge in [0.1, 0.15) is 11.4 Å². The van der Waals surface area contributed by atoms with Crippen molar-refractivity contribution in [3.8, 4) is 5.75 Å². The predicted octanol–water partition coefficient (Wildman–Crippen LogP) is 5.14. The second-order valence-electron chi connectivity index (χ2n) is 6.10. The lowest BCUT2D eigenvalue weighted by Gasteiger charge is -2.07. The smallest absolute Gasteiger partial charge is 0.268 e. The number of carbonyl (C=O) groups excluding carboxylic acids is 1. The molecule has 2 N–H and O–H groups in total. The SMILES string of the molecule is CCOCCCNC(=O)c1[nH]c2cc(OC)ccc2c1Sc1ccc(Cl)cc1. The van der Waals surface area contributed by atoms with Gasteiger partial charge in [-0.3, -0.25) is 4.79 Å². The van der Waals surface area contributed by atoms with E-state index in [1.54, 1.807) is 7.11 Å². The van der Waals surface area contributed by atoms with E-state index >= 15 is 0 Å². The summed E-state index contributed by atoms with van der Waals surface area (Å²) < 4.78 is 10.6. The maximum atomic E-state index is 12.8. The van der Waals surface area contributed by atoms with Crippen LogP contribution in [0.2, 0.25) is 5.02 Å². The number of nitrogens with one attached hydrogen (secondary N) is 2. The number of amides is 1. The van der Waals surface area contributed by atoms with Crippen molar-refractivity contribution >= 4 is 40.2 Å². The summed E-state index contributed by atoms with van der Waals surface area (Å²) in [5, 5.41) is 4.62. The molecule has 0 radical (unpaired) electrons. The van der Waals surface area contributed by atoms with Gasteiger partial charge in [0.2, 0.25) is 0 Å². The zero-order chi connectivity index (χ0) is 19.9. The Labute approximate surface area is 173 Å². The highest BCUT2D eigenvalue weighted by Crippen LogP contribution is 2.38. The lowest BCUT2D eigenvalue weighted by molar-refractivity contribution is 0.0937. The largest absolute Gasteiger partial charge is 0.497 e. The van der Waals surface area contributed by atoms with E-state index in [0.717, 1.165) is 32.9 Å². The number of hydrogen-bond donors (Lipinski definition) is 2. The van der Waals surface area contributed by atoms with Gasteiger partial charge in [0.15, 0.2) is 0 Å². The van der Waals surface area contributed by atoms with Crippen molar-refractivity contribution in [3.05, 3.63) is 53.2 Å². The van der Waals surface area contributed by atoms with Crippen LogP contribution in [0.1, 0.15) is 23.8 Å². The first-order valence-electron chi connectivity index (χ1n) is 9.11. The number of methoxy groups -OCH3 is 1. The molecular formula is C21H23ClN2O3S. The van der Waals surface area contributed by atoms with Crippen LogP contribution < -0.4 is 10.1 Å². The van der Waals surface area contributed by atoms with Crippen LogP contribution in [0.5, 0.6) is 5.75 Å². The maximum Gasteiger partial charge on any atom is 0.268 e. The number of fused-ring (bicyclic) bond motifs is 1. The first-order chi connectivity index (χ1) is 13.6. The average molecular weight is 419 g/mol. The monoisotopic (exact) mass is 418 g/mol. The van der Waals surface area contributed by atoms with Crippen molar-refractivity contribution in [1.82, 2.24) is 10.3 Å². The van der Waals surface area contributed by atoms with Gasteiger partial charge in [-0.1, -0.05) is 23.4 Å². The Morgan fingerprint density at radius 3 is 2.71 bits per heavy atom. The molecule has 0 spiro atoms. The van der Waals surface area contributed by atoms with Crippen LogP contribution >= 0.6 is 23.4 Å². The van der Waals surface area contributed by atoms with Crippen LogP contribution in [0.25, 0.3) is 10.9 Å². The molecule has 0 atom stereocenters. The van der Waals surface area contributed by atoms with Crippen LogP contribution in [0, 0.1) is 0 Å². The van der Waals surface area contributed by atoms with Gasteiger partial charge in [0.25, 0.3) is 5.91 Å². The fourth-order valence-electron chi connectivity index (χ4n) is 2.77. The zero-order valence-electron chi connectivity index (χ0n) is 15.9. The van der Waals surface area contributed by atoms with E-state index in [-0.39, 0.29) is 5.91 Å². The molecule has 0 bridgehead atoms. The first-order valence-corrected chi connectivity index (χ1v) is 10.3. The fourth-order valence-corrected chi connectivity index (χ4v) is 3.94. The highest BCUT2D eigenvalue weighted by molar-refractivity contribution is 7.99. The first kappa shape index (κ1) is 20.6. The molecule has 1 amide bonds. The normalized spacial score (nSPS) is 11.0. The van der Waals surface area contributed by atoms with E-state index < -0.39 is 0 Å². The van der Waals surface area contributed by atoms with E-state index in [0.29, 0.717) is 30.5 Å². The standard InChI is InChI=1S/C21H23ClN2O3S/c1-3-27-12-4-11-23-21(25)19-20(28-16-8-5-14(22)6-9-16)17-10-7-15(26-2)13-18(17)24-19/h5-10,13,24H,3-4,11-12H2,1-2H3,(H,23,25). The Morgan fingerprint density at radius 1 is 1.21 bits per heavy atom. The predicted molar refractivity (Wildman–Crippen MR) is 114 cm³/mol. The van der Waals surface area contributed by atoms with Gasteiger partial charge in [0, 0.05) is 41.1 Å². The fraction of sp³-hybridized carbons (Fsp3) is 0.286. The molecule has 0 aliphatic rings. The summed E-state index contributed by atoms with van der Waals surface area (Å²) in [4.78, 5) is 18.0. The molecular weight excluding hydrogens is 396 g/mol. The molecule has 1 heterocycles. The number of hydrogen-bond acceptors (Lipinski definition) is 4. The number of aromatic nitrogens is 1. The molecule has 28 heavy (non-hydrogen) atoms. The van der Waals surface area contributed by atoms with Crippen LogP contribution in [-0.2, 0) is 4.74 Å². The quantitative estimate of drug-likeness (QED) is 0.472. The van der Waals surface area contributed by atoms with Gasteiger partial charge in [-0.2, -0.15) is 0 Å². The van der Waals surface area contributed by atoms with Crippen molar-refractivity contribution in [2.75, 3.05) is 26.9 Å².